The molecule has 1 fully saturated rings. The Labute approximate surface area is 234 Å². The van der Waals surface area contributed by atoms with Crippen LogP contribution in [-0.4, -0.2) is 67.5 Å². The van der Waals surface area contributed by atoms with Gasteiger partial charge in [0.05, 0.1) is 11.7 Å². The highest BCUT2D eigenvalue weighted by Crippen LogP contribution is 2.31. The molecule has 0 spiro atoms. The van der Waals surface area contributed by atoms with Crippen molar-refractivity contribution in [1.29, 1.82) is 0 Å². The molecule has 8 nitrogen and oxygen atoms in total. The van der Waals surface area contributed by atoms with Crippen LogP contribution in [0.15, 0.2) is 36.7 Å². The van der Waals surface area contributed by atoms with Gasteiger partial charge >= 0.3 is 0 Å². The maximum atomic E-state index is 15.0. The first-order valence-corrected chi connectivity index (χ1v) is 14.0. The van der Waals surface area contributed by atoms with E-state index in [4.69, 9.17) is 0 Å². The minimum absolute atomic E-state index is 0.0104. The van der Waals surface area contributed by atoms with E-state index in [1.807, 2.05) is 37.6 Å². The number of imidazole rings is 1. The summed E-state index contributed by atoms with van der Waals surface area (Å²) in [5.74, 6) is 0.283. The Morgan fingerprint density at radius 3 is 2.40 bits per heavy atom. The van der Waals surface area contributed by atoms with Gasteiger partial charge < -0.3 is 14.8 Å². The lowest BCUT2D eigenvalue weighted by Crippen LogP contribution is -2.43. The van der Waals surface area contributed by atoms with Crippen molar-refractivity contribution in [3.63, 3.8) is 0 Å². The average molecular weight is 549 g/mol. The summed E-state index contributed by atoms with van der Waals surface area (Å²) in [6.45, 7) is 10.2. The first kappa shape index (κ1) is 28.0. The average Bonchev–Trinajstić information content (AvgIpc) is 3.28. The van der Waals surface area contributed by atoms with Crippen molar-refractivity contribution in [2.45, 2.75) is 65.1 Å². The van der Waals surface area contributed by atoms with E-state index in [0.29, 0.717) is 34.8 Å². The lowest BCUT2D eigenvalue weighted by Gasteiger charge is -2.39. The Morgan fingerprint density at radius 2 is 1.77 bits per heavy atom. The predicted molar refractivity (Wildman–Crippen MR) is 155 cm³/mol. The number of rotatable bonds is 8. The van der Waals surface area contributed by atoms with Crippen LogP contribution in [0.5, 0.6) is 0 Å². The fraction of sp³-hybridized carbons (Fsp3) is 0.467. The fourth-order valence-electron chi connectivity index (χ4n) is 5.90. The summed E-state index contributed by atoms with van der Waals surface area (Å²) in [6.07, 6.45) is 6.31. The molecular weight excluding hydrogens is 510 g/mol. The first-order valence-electron chi connectivity index (χ1n) is 14.0. The molecule has 0 radical (unpaired) electrons. The molecule has 0 bridgehead atoms. The number of likely N-dealkylation sites (tertiary alicyclic amines) is 1. The molecule has 3 aromatic heterocycles. The molecule has 0 amide bonds. The SMILES string of the molecule is CCC(c1ccc(Nc2ncc(F)c(-c3cc(F)c4nc(C)n(C(C)C)c4c3)n2)nc1)N1CCC(N(C)C)CC1. The van der Waals surface area contributed by atoms with Crippen LogP contribution >= 0.6 is 0 Å². The van der Waals surface area contributed by atoms with Gasteiger partial charge in [0.2, 0.25) is 5.95 Å². The second-order valence-corrected chi connectivity index (χ2v) is 11.1. The van der Waals surface area contributed by atoms with E-state index >= 15 is 4.39 Å². The van der Waals surface area contributed by atoms with Crippen molar-refractivity contribution < 1.29 is 8.78 Å². The van der Waals surface area contributed by atoms with E-state index in [1.54, 1.807) is 6.07 Å². The van der Waals surface area contributed by atoms with Crippen LogP contribution in [0.2, 0.25) is 0 Å². The van der Waals surface area contributed by atoms with E-state index in [0.717, 1.165) is 44.1 Å². The van der Waals surface area contributed by atoms with Crippen molar-refractivity contribution in [1.82, 2.24) is 34.3 Å². The molecule has 1 atom stereocenters. The molecule has 1 N–H and O–H groups in total. The van der Waals surface area contributed by atoms with Gasteiger partial charge in [-0.2, -0.15) is 0 Å². The Bertz CT molecular complexity index is 1470. The number of piperidine rings is 1. The highest BCUT2D eigenvalue weighted by Gasteiger charge is 2.26. The van der Waals surface area contributed by atoms with Gasteiger partial charge in [-0.25, -0.2) is 28.7 Å². The van der Waals surface area contributed by atoms with Gasteiger partial charge in [0, 0.05) is 43.0 Å². The van der Waals surface area contributed by atoms with E-state index in [2.05, 4.69) is 62.1 Å². The maximum absolute atomic E-state index is 15.0. The number of hydrogen-bond donors (Lipinski definition) is 1. The summed E-state index contributed by atoms with van der Waals surface area (Å²) in [5.41, 5.74) is 2.36. The molecule has 0 saturated carbocycles. The lowest BCUT2D eigenvalue weighted by atomic mass is 9.98. The standard InChI is InChI=1S/C30H38F2N8/c1-7-25(39-12-10-22(11-13-39)38(5)6)20-8-9-27(33-16-20)36-30-34-17-24(32)28(37-30)21-14-23(31)29-26(15-21)40(18(2)3)19(4)35-29/h8-9,14-18,22,25H,7,10-13H2,1-6H3,(H,33,34,36,37). The molecule has 5 rings (SSSR count). The normalized spacial score (nSPS) is 15.8. The van der Waals surface area contributed by atoms with Crippen molar-refractivity contribution in [2.24, 2.45) is 0 Å². The van der Waals surface area contributed by atoms with Crippen LogP contribution in [0.4, 0.5) is 20.5 Å². The fourth-order valence-corrected chi connectivity index (χ4v) is 5.90. The number of nitrogens with one attached hydrogen (secondary N) is 1. The Hall–Kier alpha value is -3.50. The molecule has 1 saturated heterocycles. The number of nitrogens with zero attached hydrogens (tertiary/aromatic N) is 7. The highest BCUT2D eigenvalue weighted by atomic mass is 19.1. The summed E-state index contributed by atoms with van der Waals surface area (Å²) in [4.78, 5) is 22.3. The number of benzene rings is 1. The number of aryl methyl sites for hydroxylation is 1. The predicted octanol–water partition coefficient (Wildman–Crippen LogP) is 6.28. The molecular formula is C30H38F2N8. The minimum atomic E-state index is -0.635. The number of hydrogen-bond acceptors (Lipinski definition) is 7. The molecule has 1 unspecified atom stereocenters. The highest BCUT2D eigenvalue weighted by molar-refractivity contribution is 5.83. The lowest BCUT2D eigenvalue weighted by molar-refractivity contribution is 0.106. The third-order valence-corrected chi connectivity index (χ3v) is 7.93. The van der Waals surface area contributed by atoms with Gasteiger partial charge in [-0.15, -0.1) is 0 Å². The molecule has 1 aromatic carbocycles. The van der Waals surface area contributed by atoms with Crippen LogP contribution in [-0.2, 0) is 0 Å². The Kier molecular flexibility index (Phi) is 8.09. The number of fused-ring (bicyclic) bond motifs is 1. The molecule has 0 aliphatic carbocycles. The van der Waals surface area contributed by atoms with Crippen LogP contribution < -0.4 is 5.32 Å². The zero-order chi connectivity index (χ0) is 28.6. The maximum Gasteiger partial charge on any atom is 0.229 e. The van der Waals surface area contributed by atoms with Crippen LogP contribution in [0.1, 0.15) is 63.5 Å². The van der Waals surface area contributed by atoms with Gasteiger partial charge in [0.25, 0.3) is 0 Å². The molecule has 10 heteroatoms. The summed E-state index contributed by atoms with van der Waals surface area (Å²) in [7, 11) is 4.31. The second-order valence-electron chi connectivity index (χ2n) is 11.1. The van der Waals surface area contributed by atoms with Crippen molar-refractivity contribution in [3.05, 3.63) is 59.7 Å². The smallest absolute Gasteiger partial charge is 0.229 e. The van der Waals surface area contributed by atoms with Crippen LogP contribution in [0.3, 0.4) is 0 Å². The zero-order valence-electron chi connectivity index (χ0n) is 24.1. The van der Waals surface area contributed by atoms with Gasteiger partial charge in [0.1, 0.15) is 22.9 Å². The summed E-state index contributed by atoms with van der Waals surface area (Å²) in [5, 5.41) is 3.08. The summed E-state index contributed by atoms with van der Waals surface area (Å²) in [6, 6.07) is 7.99. The van der Waals surface area contributed by atoms with Gasteiger partial charge in [0.15, 0.2) is 11.6 Å². The van der Waals surface area contributed by atoms with E-state index in [1.165, 1.54) is 6.07 Å². The number of pyridine rings is 1. The van der Waals surface area contributed by atoms with Gasteiger partial charge in [-0.1, -0.05) is 13.0 Å². The quantitative estimate of drug-likeness (QED) is 0.278. The number of anilines is 2. The third kappa shape index (κ3) is 5.55. The Balaban J connectivity index is 1.36. The second kappa shape index (κ2) is 11.5. The molecule has 1 aliphatic rings. The van der Waals surface area contributed by atoms with Crippen LogP contribution in [0.25, 0.3) is 22.3 Å². The molecule has 4 aromatic rings. The number of aromatic nitrogens is 5. The van der Waals surface area contributed by atoms with Crippen LogP contribution in [0, 0.1) is 18.6 Å². The molecule has 212 valence electrons. The topological polar surface area (TPSA) is 75.0 Å². The van der Waals surface area contributed by atoms with Crippen molar-refractivity contribution >= 4 is 22.8 Å². The molecule has 4 heterocycles. The Morgan fingerprint density at radius 1 is 1.02 bits per heavy atom. The molecule has 1 aliphatic heterocycles. The van der Waals surface area contributed by atoms with Gasteiger partial charge in [-0.3, -0.25) is 4.90 Å². The molecule has 40 heavy (non-hydrogen) atoms. The van der Waals surface area contributed by atoms with E-state index < -0.39 is 11.6 Å². The summed E-state index contributed by atoms with van der Waals surface area (Å²) < 4.78 is 31.8. The largest absolute Gasteiger partial charge is 0.326 e. The summed E-state index contributed by atoms with van der Waals surface area (Å²) >= 11 is 0. The minimum Gasteiger partial charge on any atom is -0.326 e. The van der Waals surface area contributed by atoms with E-state index in [9.17, 15) is 4.39 Å². The van der Waals surface area contributed by atoms with E-state index in [-0.39, 0.29) is 23.2 Å². The monoisotopic (exact) mass is 548 g/mol. The number of halogens is 2. The van der Waals surface area contributed by atoms with Gasteiger partial charge in [-0.05, 0) is 77.9 Å². The zero-order valence-corrected chi connectivity index (χ0v) is 24.1. The van der Waals surface area contributed by atoms with Crippen molar-refractivity contribution in [2.75, 3.05) is 32.5 Å². The van der Waals surface area contributed by atoms with Crippen molar-refractivity contribution in [3.8, 4) is 11.3 Å². The first-order chi connectivity index (χ1) is 19.2. The third-order valence-electron chi connectivity index (χ3n) is 7.93.